The van der Waals surface area contributed by atoms with Crippen LogP contribution in [0.5, 0.6) is 0 Å². The summed E-state index contributed by atoms with van der Waals surface area (Å²) in [5.41, 5.74) is -0.941. The van der Waals surface area contributed by atoms with Crippen molar-refractivity contribution in [2.75, 3.05) is 23.3 Å². The largest absolute Gasteiger partial charge is 0.418 e. The molecule has 25 heavy (non-hydrogen) atoms. The average molecular weight is 375 g/mol. The summed E-state index contributed by atoms with van der Waals surface area (Å²) in [6.45, 7) is 1.91. The van der Waals surface area contributed by atoms with Gasteiger partial charge in [-0.2, -0.15) is 13.2 Å². The maximum atomic E-state index is 13.3. The lowest BCUT2D eigenvalue weighted by atomic mass is 10.1. The third kappa shape index (κ3) is 5.09. The van der Waals surface area contributed by atoms with Gasteiger partial charge in [-0.05, 0) is 43.3 Å². The number of hydrogen-bond acceptors (Lipinski definition) is 2. The Morgan fingerprint density at radius 3 is 2.52 bits per heavy atom. The number of benzene rings is 2. The predicted octanol–water partition coefficient (Wildman–Crippen LogP) is 4.96. The zero-order valence-electron chi connectivity index (χ0n) is 13.2. The van der Waals surface area contributed by atoms with E-state index in [0.29, 0.717) is 12.2 Å². The van der Waals surface area contributed by atoms with Gasteiger partial charge in [0.05, 0.1) is 17.8 Å². The standard InChI is InChI=1S/C17H15ClF4N2O/c1-2-24(13-5-3-4-12(19)9-13)10-16(25)23-15-7-6-11(18)8-14(15)17(20,21)22/h3-9H,2,10H2,1H3,(H,23,25). The van der Waals surface area contributed by atoms with Crippen molar-refractivity contribution in [2.24, 2.45) is 0 Å². The lowest BCUT2D eigenvalue weighted by Crippen LogP contribution is -2.33. The molecule has 0 saturated heterocycles. The maximum Gasteiger partial charge on any atom is 0.418 e. The highest BCUT2D eigenvalue weighted by Crippen LogP contribution is 2.36. The van der Waals surface area contributed by atoms with Crippen LogP contribution in [0.25, 0.3) is 0 Å². The number of nitrogens with zero attached hydrogens (tertiary/aromatic N) is 1. The van der Waals surface area contributed by atoms with Gasteiger partial charge in [0.1, 0.15) is 5.82 Å². The smallest absolute Gasteiger partial charge is 0.362 e. The Balaban J connectivity index is 2.17. The van der Waals surface area contributed by atoms with Crippen molar-refractivity contribution in [1.82, 2.24) is 0 Å². The average Bonchev–Trinajstić information content (AvgIpc) is 2.53. The van der Waals surface area contributed by atoms with Crippen LogP contribution in [0.3, 0.4) is 0 Å². The number of likely N-dealkylation sites (N-methyl/N-ethyl adjacent to an activating group) is 1. The van der Waals surface area contributed by atoms with E-state index in [0.717, 1.165) is 12.1 Å². The fourth-order valence-electron chi connectivity index (χ4n) is 2.28. The van der Waals surface area contributed by atoms with Gasteiger partial charge in [-0.15, -0.1) is 0 Å². The van der Waals surface area contributed by atoms with Crippen molar-refractivity contribution in [2.45, 2.75) is 13.1 Å². The molecule has 0 bridgehead atoms. The number of halogens is 5. The third-order valence-corrected chi connectivity index (χ3v) is 3.69. The molecule has 2 aromatic carbocycles. The Labute approximate surface area is 147 Å². The summed E-state index contributed by atoms with van der Waals surface area (Å²) in [6, 6.07) is 8.73. The van der Waals surface area contributed by atoms with Crippen molar-refractivity contribution >= 4 is 28.9 Å². The van der Waals surface area contributed by atoms with Crippen LogP contribution in [0.2, 0.25) is 5.02 Å². The van der Waals surface area contributed by atoms with E-state index in [2.05, 4.69) is 5.32 Å². The molecule has 8 heteroatoms. The fraction of sp³-hybridized carbons (Fsp3) is 0.235. The quantitative estimate of drug-likeness (QED) is 0.750. The number of hydrogen-bond donors (Lipinski definition) is 1. The van der Waals surface area contributed by atoms with Crippen molar-refractivity contribution in [3.63, 3.8) is 0 Å². The van der Waals surface area contributed by atoms with Crippen LogP contribution in [0.15, 0.2) is 42.5 Å². The van der Waals surface area contributed by atoms with Crippen molar-refractivity contribution in [3.8, 4) is 0 Å². The summed E-state index contributed by atoms with van der Waals surface area (Å²) in [7, 11) is 0. The minimum absolute atomic E-state index is 0.0831. The summed E-state index contributed by atoms with van der Waals surface area (Å²) in [5.74, 6) is -1.12. The van der Waals surface area contributed by atoms with Gasteiger partial charge in [-0.3, -0.25) is 4.79 Å². The summed E-state index contributed by atoms with van der Waals surface area (Å²) in [5, 5.41) is 2.16. The van der Waals surface area contributed by atoms with E-state index in [1.54, 1.807) is 17.9 Å². The molecule has 3 nitrogen and oxygen atoms in total. The van der Waals surface area contributed by atoms with E-state index in [-0.39, 0.29) is 17.3 Å². The van der Waals surface area contributed by atoms with E-state index in [4.69, 9.17) is 11.6 Å². The summed E-state index contributed by atoms with van der Waals surface area (Å²) in [4.78, 5) is 13.7. The highest BCUT2D eigenvalue weighted by atomic mass is 35.5. The lowest BCUT2D eigenvalue weighted by molar-refractivity contribution is -0.137. The Hall–Kier alpha value is -2.28. The van der Waals surface area contributed by atoms with Gasteiger partial charge in [0.15, 0.2) is 0 Å². The van der Waals surface area contributed by atoms with Crippen molar-refractivity contribution in [1.29, 1.82) is 0 Å². The summed E-state index contributed by atoms with van der Waals surface area (Å²) < 4.78 is 52.5. The number of amides is 1. The second kappa shape index (κ2) is 7.74. The number of nitrogens with one attached hydrogen (secondary N) is 1. The van der Waals surface area contributed by atoms with E-state index in [1.165, 1.54) is 24.3 Å². The predicted molar refractivity (Wildman–Crippen MR) is 89.4 cm³/mol. The van der Waals surface area contributed by atoms with Crippen LogP contribution >= 0.6 is 11.6 Å². The number of alkyl halides is 3. The van der Waals surface area contributed by atoms with Gasteiger partial charge in [0.25, 0.3) is 0 Å². The molecule has 0 fully saturated rings. The van der Waals surface area contributed by atoms with Gasteiger partial charge in [-0.25, -0.2) is 4.39 Å². The van der Waals surface area contributed by atoms with Crippen molar-refractivity contribution < 1.29 is 22.4 Å². The summed E-state index contributed by atoms with van der Waals surface area (Å²) in [6.07, 6.45) is -4.65. The first-order valence-corrected chi connectivity index (χ1v) is 7.75. The molecule has 0 saturated carbocycles. The van der Waals surface area contributed by atoms with Crippen LogP contribution < -0.4 is 10.2 Å². The highest BCUT2D eigenvalue weighted by Gasteiger charge is 2.34. The molecule has 0 spiro atoms. The van der Waals surface area contributed by atoms with Gasteiger partial charge in [-0.1, -0.05) is 17.7 Å². The summed E-state index contributed by atoms with van der Waals surface area (Å²) >= 11 is 5.60. The third-order valence-electron chi connectivity index (χ3n) is 3.45. The van der Waals surface area contributed by atoms with Crippen LogP contribution in [0, 0.1) is 5.82 Å². The van der Waals surface area contributed by atoms with E-state index >= 15 is 0 Å². The molecule has 0 unspecified atom stereocenters. The molecule has 134 valence electrons. The zero-order valence-corrected chi connectivity index (χ0v) is 14.0. The van der Waals surface area contributed by atoms with Crippen LogP contribution in [-0.2, 0) is 11.0 Å². The molecule has 0 aliphatic carbocycles. The minimum Gasteiger partial charge on any atom is -0.362 e. The first-order chi connectivity index (χ1) is 11.7. The number of rotatable bonds is 5. The van der Waals surface area contributed by atoms with E-state index in [1.807, 2.05) is 0 Å². The molecule has 1 N–H and O–H groups in total. The number of anilines is 2. The molecule has 1 amide bonds. The fourth-order valence-corrected chi connectivity index (χ4v) is 2.45. The monoisotopic (exact) mass is 374 g/mol. The van der Waals surface area contributed by atoms with E-state index < -0.39 is 23.5 Å². The van der Waals surface area contributed by atoms with Gasteiger partial charge >= 0.3 is 6.18 Å². The molecule has 0 aromatic heterocycles. The Kier molecular flexibility index (Phi) is 5.89. The SMILES string of the molecule is CCN(CC(=O)Nc1ccc(Cl)cc1C(F)(F)F)c1cccc(F)c1. The molecule has 2 rings (SSSR count). The normalized spacial score (nSPS) is 11.3. The first-order valence-electron chi connectivity index (χ1n) is 7.38. The Morgan fingerprint density at radius 2 is 1.92 bits per heavy atom. The van der Waals surface area contributed by atoms with Gasteiger partial charge in [0, 0.05) is 17.3 Å². The minimum atomic E-state index is -4.65. The second-order valence-corrected chi connectivity index (χ2v) is 5.67. The van der Waals surface area contributed by atoms with Crippen LogP contribution in [0.4, 0.5) is 28.9 Å². The molecule has 2 aromatic rings. The number of carbonyl (C=O) groups is 1. The van der Waals surface area contributed by atoms with Crippen molar-refractivity contribution in [3.05, 3.63) is 58.9 Å². The molecular weight excluding hydrogens is 360 g/mol. The highest BCUT2D eigenvalue weighted by molar-refractivity contribution is 6.30. The lowest BCUT2D eigenvalue weighted by Gasteiger charge is -2.23. The van der Waals surface area contributed by atoms with Gasteiger partial charge in [0.2, 0.25) is 5.91 Å². The molecule has 0 aliphatic heterocycles. The maximum absolute atomic E-state index is 13.3. The van der Waals surface area contributed by atoms with E-state index in [9.17, 15) is 22.4 Å². The molecule has 0 atom stereocenters. The first kappa shape index (κ1) is 19.1. The molecule has 0 heterocycles. The molecule has 0 aliphatic rings. The Morgan fingerprint density at radius 1 is 1.20 bits per heavy atom. The number of carbonyl (C=O) groups excluding carboxylic acids is 1. The molecule has 0 radical (unpaired) electrons. The topological polar surface area (TPSA) is 32.3 Å². The Bertz CT molecular complexity index is 765. The zero-order chi connectivity index (χ0) is 18.6. The second-order valence-electron chi connectivity index (χ2n) is 5.23. The van der Waals surface area contributed by atoms with Crippen LogP contribution in [-0.4, -0.2) is 19.0 Å². The molecular formula is C17H15ClF4N2O. The van der Waals surface area contributed by atoms with Crippen LogP contribution in [0.1, 0.15) is 12.5 Å². The van der Waals surface area contributed by atoms with Gasteiger partial charge < -0.3 is 10.2 Å².